The van der Waals surface area contributed by atoms with E-state index in [0.29, 0.717) is 5.33 Å². The zero-order chi connectivity index (χ0) is 9.56. The standard InChI is InChI=1S/C7H11BrO4/c1-5(9)11-4-7(3-8)12-6(2)10/h7H,3-4H2,1-2H3. The quantitative estimate of drug-likeness (QED) is 0.539. The molecule has 0 aromatic rings. The number of ether oxygens (including phenoxy) is 2. The Morgan fingerprint density at radius 1 is 1.33 bits per heavy atom. The lowest BCUT2D eigenvalue weighted by molar-refractivity contribution is -0.154. The van der Waals surface area contributed by atoms with Gasteiger partial charge in [0.15, 0.2) is 0 Å². The van der Waals surface area contributed by atoms with Crippen LogP contribution in [0.4, 0.5) is 0 Å². The lowest BCUT2D eigenvalue weighted by Crippen LogP contribution is -2.24. The van der Waals surface area contributed by atoms with E-state index >= 15 is 0 Å². The van der Waals surface area contributed by atoms with Gasteiger partial charge in [-0.25, -0.2) is 0 Å². The van der Waals surface area contributed by atoms with Crippen molar-refractivity contribution in [1.29, 1.82) is 0 Å². The van der Waals surface area contributed by atoms with Gasteiger partial charge in [-0.3, -0.25) is 9.59 Å². The third kappa shape index (κ3) is 6.15. The first kappa shape index (κ1) is 11.4. The summed E-state index contributed by atoms with van der Waals surface area (Å²) in [5.74, 6) is -0.764. The van der Waals surface area contributed by atoms with Crippen LogP contribution >= 0.6 is 15.9 Å². The number of hydrogen-bond donors (Lipinski definition) is 0. The summed E-state index contributed by atoms with van der Waals surface area (Å²) >= 11 is 3.13. The van der Waals surface area contributed by atoms with E-state index in [1.165, 1.54) is 13.8 Å². The Morgan fingerprint density at radius 2 is 1.92 bits per heavy atom. The molecule has 0 amide bonds. The zero-order valence-electron chi connectivity index (χ0n) is 7.00. The fourth-order valence-electron chi connectivity index (χ4n) is 0.555. The van der Waals surface area contributed by atoms with Gasteiger partial charge in [-0.15, -0.1) is 0 Å². The van der Waals surface area contributed by atoms with Crippen molar-refractivity contribution in [1.82, 2.24) is 0 Å². The van der Waals surface area contributed by atoms with Gasteiger partial charge in [-0.1, -0.05) is 15.9 Å². The highest BCUT2D eigenvalue weighted by Crippen LogP contribution is 1.99. The highest BCUT2D eigenvalue weighted by molar-refractivity contribution is 9.09. The molecule has 0 rings (SSSR count). The molecular formula is C7H11BrO4. The van der Waals surface area contributed by atoms with Crippen molar-refractivity contribution in [2.24, 2.45) is 0 Å². The predicted octanol–water partition coefficient (Wildman–Crippen LogP) is 0.876. The summed E-state index contributed by atoms with van der Waals surface area (Å²) in [5.41, 5.74) is 0. The molecule has 0 N–H and O–H groups in total. The molecule has 0 bridgehead atoms. The van der Waals surface area contributed by atoms with Gasteiger partial charge in [0, 0.05) is 19.2 Å². The van der Waals surface area contributed by atoms with Gasteiger partial charge in [-0.05, 0) is 0 Å². The molecule has 1 atom stereocenters. The lowest BCUT2D eigenvalue weighted by Gasteiger charge is -2.13. The van der Waals surface area contributed by atoms with Crippen LogP contribution in [0.1, 0.15) is 13.8 Å². The Labute approximate surface area is 79.3 Å². The summed E-state index contributed by atoms with van der Waals surface area (Å²) < 4.78 is 9.44. The highest BCUT2D eigenvalue weighted by Gasteiger charge is 2.11. The van der Waals surface area contributed by atoms with Crippen LogP contribution in [-0.2, 0) is 19.1 Å². The second kappa shape index (κ2) is 5.99. The fourth-order valence-corrected chi connectivity index (χ4v) is 0.874. The molecule has 0 radical (unpaired) electrons. The molecule has 0 saturated heterocycles. The molecule has 0 spiro atoms. The largest absolute Gasteiger partial charge is 0.462 e. The first-order chi connectivity index (χ1) is 5.56. The van der Waals surface area contributed by atoms with E-state index in [1.807, 2.05) is 0 Å². The van der Waals surface area contributed by atoms with Crippen molar-refractivity contribution >= 4 is 27.9 Å². The molecule has 0 aromatic heterocycles. The number of rotatable bonds is 4. The maximum Gasteiger partial charge on any atom is 0.303 e. The summed E-state index contributed by atoms with van der Waals surface area (Å²) in [4.78, 5) is 20.8. The molecule has 0 fully saturated rings. The van der Waals surface area contributed by atoms with Crippen LogP contribution < -0.4 is 0 Å². The molecule has 5 heteroatoms. The number of halogens is 1. The van der Waals surface area contributed by atoms with Crippen molar-refractivity contribution in [2.45, 2.75) is 20.0 Å². The van der Waals surface area contributed by atoms with E-state index < -0.39 is 6.10 Å². The summed E-state index contributed by atoms with van der Waals surface area (Å²) in [6.45, 7) is 2.71. The number of alkyl halides is 1. The van der Waals surface area contributed by atoms with Crippen LogP contribution in [-0.4, -0.2) is 30.0 Å². The van der Waals surface area contributed by atoms with Crippen LogP contribution in [0.2, 0.25) is 0 Å². The average molecular weight is 239 g/mol. The number of esters is 2. The molecule has 0 heterocycles. The van der Waals surface area contributed by atoms with Crippen LogP contribution in [0.25, 0.3) is 0 Å². The molecule has 4 nitrogen and oxygen atoms in total. The first-order valence-corrected chi connectivity index (χ1v) is 4.55. The normalized spacial score (nSPS) is 11.9. The molecule has 0 saturated carbocycles. The predicted molar refractivity (Wildman–Crippen MR) is 46.0 cm³/mol. The molecule has 0 aliphatic rings. The Hall–Kier alpha value is -0.580. The van der Waals surface area contributed by atoms with Crippen LogP contribution in [0.5, 0.6) is 0 Å². The molecule has 0 aliphatic carbocycles. The Bertz CT molecular complexity index is 169. The monoisotopic (exact) mass is 238 g/mol. The maximum absolute atomic E-state index is 10.5. The minimum absolute atomic E-state index is 0.0974. The third-order valence-electron chi connectivity index (χ3n) is 0.977. The van der Waals surface area contributed by atoms with E-state index in [2.05, 4.69) is 20.7 Å². The van der Waals surface area contributed by atoms with Crippen LogP contribution in [0.3, 0.4) is 0 Å². The summed E-state index contributed by atoms with van der Waals surface area (Å²) in [5, 5.41) is 0.458. The second-order valence-electron chi connectivity index (χ2n) is 2.19. The highest BCUT2D eigenvalue weighted by atomic mass is 79.9. The van der Waals surface area contributed by atoms with Crippen LogP contribution in [0.15, 0.2) is 0 Å². The SMILES string of the molecule is CC(=O)OCC(CBr)OC(C)=O. The van der Waals surface area contributed by atoms with Gasteiger partial charge in [0.2, 0.25) is 0 Å². The van der Waals surface area contributed by atoms with Crippen molar-refractivity contribution in [3.8, 4) is 0 Å². The van der Waals surface area contributed by atoms with Gasteiger partial charge in [0.05, 0.1) is 0 Å². The Balaban J connectivity index is 3.67. The van der Waals surface area contributed by atoms with Gasteiger partial charge in [-0.2, -0.15) is 0 Å². The molecule has 12 heavy (non-hydrogen) atoms. The number of carbonyl (C=O) groups excluding carboxylic acids is 2. The third-order valence-corrected chi connectivity index (χ3v) is 1.70. The molecule has 1 unspecified atom stereocenters. The van der Waals surface area contributed by atoms with E-state index in [4.69, 9.17) is 4.74 Å². The minimum atomic E-state index is -0.397. The van der Waals surface area contributed by atoms with Crippen molar-refractivity contribution < 1.29 is 19.1 Å². The van der Waals surface area contributed by atoms with E-state index in [0.717, 1.165) is 0 Å². The zero-order valence-corrected chi connectivity index (χ0v) is 8.59. The molecule has 70 valence electrons. The summed E-state index contributed by atoms with van der Waals surface area (Å²) in [7, 11) is 0. The summed E-state index contributed by atoms with van der Waals surface area (Å²) in [6, 6.07) is 0. The van der Waals surface area contributed by atoms with Crippen LogP contribution in [0, 0.1) is 0 Å². The van der Waals surface area contributed by atoms with Gasteiger partial charge < -0.3 is 9.47 Å². The van der Waals surface area contributed by atoms with E-state index in [1.54, 1.807) is 0 Å². The Kier molecular flexibility index (Phi) is 5.70. The molecule has 0 aromatic carbocycles. The van der Waals surface area contributed by atoms with Crippen molar-refractivity contribution in [3.05, 3.63) is 0 Å². The smallest absolute Gasteiger partial charge is 0.303 e. The second-order valence-corrected chi connectivity index (χ2v) is 2.84. The van der Waals surface area contributed by atoms with Crippen molar-refractivity contribution in [2.75, 3.05) is 11.9 Å². The van der Waals surface area contributed by atoms with Gasteiger partial charge in [0.25, 0.3) is 0 Å². The lowest BCUT2D eigenvalue weighted by atomic mass is 10.4. The van der Waals surface area contributed by atoms with E-state index in [-0.39, 0.29) is 18.5 Å². The van der Waals surface area contributed by atoms with Gasteiger partial charge >= 0.3 is 11.9 Å². The molecular weight excluding hydrogens is 228 g/mol. The van der Waals surface area contributed by atoms with Gasteiger partial charge in [0.1, 0.15) is 12.7 Å². The Morgan fingerprint density at radius 3 is 2.25 bits per heavy atom. The first-order valence-electron chi connectivity index (χ1n) is 3.42. The fraction of sp³-hybridized carbons (Fsp3) is 0.714. The number of hydrogen-bond acceptors (Lipinski definition) is 4. The van der Waals surface area contributed by atoms with E-state index in [9.17, 15) is 9.59 Å². The van der Waals surface area contributed by atoms with Crippen molar-refractivity contribution in [3.63, 3.8) is 0 Å². The number of carbonyl (C=O) groups is 2. The maximum atomic E-state index is 10.5. The topological polar surface area (TPSA) is 52.6 Å². The summed E-state index contributed by atoms with van der Waals surface area (Å²) in [6.07, 6.45) is -0.397. The minimum Gasteiger partial charge on any atom is -0.462 e. The molecule has 0 aliphatic heterocycles. The average Bonchev–Trinajstić information content (AvgIpc) is 1.97.